The Morgan fingerprint density at radius 1 is 1.25 bits per heavy atom. The third kappa shape index (κ3) is 7.21. The molecule has 134 valence electrons. The van der Waals surface area contributed by atoms with E-state index in [1.54, 1.807) is 13.0 Å². The van der Waals surface area contributed by atoms with Crippen LogP contribution in [0.5, 0.6) is 5.75 Å². The van der Waals surface area contributed by atoms with Crippen LogP contribution in [0.15, 0.2) is 24.3 Å². The van der Waals surface area contributed by atoms with Crippen LogP contribution in [-0.2, 0) is 16.1 Å². The number of carbonyl (C=O) groups excluding carboxylic acids is 2. The van der Waals surface area contributed by atoms with E-state index in [4.69, 9.17) is 0 Å². The molecule has 1 aromatic rings. The monoisotopic (exact) mass is 348 g/mol. The Labute approximate surface area is 137 Å². The van der Waals surface area contributed by atoms with Crippen LogP contribution in [0.4, 0.5) is 18.0 Å². The Bertz CT molecular complexity index is 564. The van der Waals surface area contributed by atoms with Gasteiger partial charge in [-0.1, -0.05) is 18.2 Å². The number of nitrogens with zero attached hydrogens (tertiary/aromatic N) is 1. The Hall–Kier alpha value is -2.45. The summed E-state index contributed by atoms with van der Waals surface area (Å²) in [7, 11) is 1.46. The Morgan fingerprint density at radius 3 is 2.54 bits per heavy atom. The summed E-state index contributed by atoms with van der Waals surface area (Å²) in [4.78, 5) is 24.3. The highest BCUT2D eigenvalue weighted by molar-refractivity contribution is 5.77. The molecule has 2 amide bonds. The maximum absolute atomic E-state index is 12.4. The average molecular weight is 348 g/mol. The van der Waals surface area contributed by atoms with Crippen LogP contribution in [0.2, 0.25) is 0 Å². The van der Waals surface area contributed by atoms with E-state index in [2.05, 4.69) is 14.8 Å². The number of ether oxygens (including phenoxy) is 2. The highest BCUT2D eigenvalue weighted by Gasteiger charge is 2.32. The highest BCUT2D eigenvalue weighted by atomic mass is 19.4. The first-order valence-corrected chi connectivity index (χ1v) is 7.21. The normalized spacial score (nSPS) is 10.9. The van der Waals surface area contributed by atoms with Gasteiger partial charge in [0.2, 0.25) is 5.91 Å². The fraction of sp³-hybridized carbons (Fsp3) is 0.467. The molecule has 0 aromatic heterocycles. The van der Waals surface area contributed by atoms with E-state index in [0.717, 1.165) is 0 Å². The number of benzene rings is 1. The van der Waals surface area contributed by atoms with Gasteiger partial charge in [-0.05, 0) is 13.0 Å². The van der Waals surface area contributed by atoms with Crippen molar-refractivity contribution in [2.75, 3.05) is 20.2 Å². The van der Waals surface area contributed by atoms with Crippen molar-refractivity contribution in [1.29, 1.82) is 0 Å². The van der Waals surface area contributed by atoms with Gasteiger partial charge in [-0.2, -0.15) is 0 Å². The Morgan fingerprint density at radius 2 is 1.92 bits per heavy atom. The minimum Gasteiger partial charge on any atom is -0.450 e. The van der Waals surface area contributed by atoms with E-state index in [1.165, 1.54) is 30.1 Å². The SMILES string of the molecule is CCOC(=O)NCCC(=O)N(C)Cc1ccccc1OC(F)(F)F. The molecule has 9 heteroatoms. The summed E-state index contributed by atoms with van der Waals surface area (Å²) in [5.41, 5.74) is 0.226. The third-order valence-corrected chi connectivity index (χ3v) is 2.92. The van der Waals surface area contributed by atoms with Crippen LogP contribution < -0.4 is 10.1 Å². The molecule has 1 rings (SSSR count). The molecular formula is C15H19F3N2O4. The summed E-state index contributed by atoms with van der Waals surface area (Å²) in [6.07, 6.45) is -5.43. The van der Waals surface area contributed by atoms with Crippen molar-refractivity contribution in [3.8, 4) is 5.75 Å². The Kier molecular flexibility index (Phi) is 7.34. The molecule has 0 unspecified atom stereocenters. The predicted octanol–water partition coefficient (Wildman–Crippen LogP) is 2.68. The van der Waals surface area contributed by atoms with Crippen LogP contribution in [0.1, 0.15) is 18.9 Å². The minimum atomic E-state index is -4.80. The molecular weight excluding hydrogens is 329 g/mol. The molecule has 0 saturated carbocycles. The van der Waals surface area contributed by atoms with E-state index in [1.807, 2.05) is 0 Å². The number of rotatable bonds is 7. The number of amides is 2. The lowest BCUT2D eigenvalue weighted by atomic mass is 10.2. The lowest BCUT2D eigenvalue weighted by Crippen LogP contribution is -2.32. The number of para-hydroxylation sites is 1. The number of nitrogens with one attached hydrogen (secondary N) is 1. The molecule has 0 aliphatic heterocycles. The summed E-state index contributed by atoms with van der Waals surface area (Å²) in [5, 5.41) is 2.39. The first kappa shape index (κ1) is 19.6. The molecule has 6 nitrogen and oxygen atoms in total. The van der Waals surface area contributed by atoms with Gasteiger partial charge in [-0.3, -0.25) is 4.79 Å². The van der Waals surface area contributed by atoms with Crippen molar-refractivity contribution in [3.05, 3.63) is 29.8 Å². The number of hydrogen-bond donors (Lipinski definition) is 1. The highest BCUT2D eigenvalue weighted by Crippen LogP contribution is 2.26. The van der Waals surface area contributed by atoms with Gasteiger partial charge in [0.05, 0.1) is 6.61 Å². The zero-order chi connectivity index (χ0) is 18.2. The number of alkyl halides is 3. The van der Waals surface area contributed by atoms with Gasteiger partial charge in [-0.15, -0.1) is 13.2 Å². The van der Waals surface area contributed by atoms with E-state index in [-0.39, 0.29) is 43.3 Å². The van der Waals surface area contributed by atoms with Crippen LogP contribution in [0.25, 0.3) is 0 Å². The molecule has 0 atom stereocenters. The van der Waals surface area contributed by atoms with E-state index >= 15 is 0 Å². The second-order valence-corrected chi connectivity index (χ2v) is 4.80. The summed E-state index contributed by atoms with van der Waals surface area (Å²) in [6.45, 7) is 1.89. The Balaban J connectivity index is 2.56. The van der Waals surface area contributed by atoms with Gasteiger partial charge < -0.3 is 19.7 Å². The smallest absolute Gasteiger partial charge is 0.450 e. The van der Waals surface area contributed by atoms with Crippen molar-refractivity contribution in [1.82, 2.24) is 10.2 Å². The topological polar surface area (TPSA) is 67.9 Å². The fourth-order valence-corrected chi connectivity index (χ4v) is 1.85. The van der Waals surface area contributed by atoms with Gasteiger partial charge in [0, 0.05) is 32.1 Å². The van der Waals surface area contributed by atoms with Gasteiger partial charge in [0.15, 0.2) is 0 Å². The molecule has 0 aliphatic rings. The second-order valence-electron chi connectivity index (χ2n) is 4.80. The van der Waals surface area contributed by atoms with Gasteiger partial charge in [-0.25, -0.2) is 4.79 Å². The maximum atomic E-state index is 12.4. The number of halogens is 3. The standard InChI is InChI=1S/C15H19F3N2O4/c1-3-23-14(22)19-9-8-13(21)20(2)10-11-6-4-5-7-12(11)24-15(16,17)18/h4-7H,3,8-10H2,1-2H3,(H,19,22). The summed E-state index contributed by atoms with van der Waals surface area (Å²) in [6, 6.07) is 5.60. The van der Waals surface area contributed by atoms with Crippen LogP contribution >= 0.6 is 0 Å². The summed E-state index contributed by atoms with van der Waals surface area (Å²) < 4.78 is 45.7. The van der Waals surface area contributed by atoms with Gasteiger partial charge >= 0.3 is 12.5 Å². The second kappa shape index (κ2) is 8.99. The average Bonchev–Trinajstić information content (AvgIpc) is 2.48. The van der Waals surface area contributed by atoms with E-state index in [0.29, 0.717) is 0 Å². The first-order chi connectivity index (χ1) is 11.2. The van der Waals surface area contributed by atoms with Crippen LogP contribution in [-0.4, -0.2) is 43.5 Å². The lowest BCUT2D eigenvalue weighted by molar-refractivity contribution is -0.275. The van der Waals surface area contributed by atoms with E-state index < -0.39 is 12.5 Å². The molecule has 0 spiro atoms. The first-order valence-electron chi connectivity index (χ1n) is 7.21. The van der Waals surface area contributed by atoms with E-state index in [9.17, 15) is 22.8 Å². The quantitative estimate of drug-likeness (QED) is 0.823. The summed E-state index contributed by atoms with van der Waals surface area (Å²) in [5.74, 6) is -0.692. The minimum absolute atomic E-state index is 0.00237. The molecule has 0 aliphatic carbocycles. The molecule has 24 heavy (non-hydrogen) atoms. The molecule has 0 saturated heterocycles. The largest absolute Gasteiger partial charge is 0.573 e. The molecule has 1 N–H and O–H groups in total. The zero-order valence-corrected chi connectivity index (χ0v) is 13.4. The van der Waals surface area contributed by atoms with Crippen LogP contribution in [0, 0.1) is 0 Å². The van der Waals surface area contributed by atoms with Gasteiger partial charge in [0.1, 0.15) is 5.75 Å². The van der Waals surface area contributed by atoms with Crippen molar-refractivity contribution in [3.63, 3.8) is 0 Å². The van der Waals surface area contributed by atoms with Crippen molar-refractivity contribution in [2.24, 2.45) is 0 Å². The van der Waals surface area contributed by atoms with Crippen LogP contribution in [0.3, 0.4) is 0 Å². The lowest BCUT2D eigenvalue weighted by Gasteiger charge is -2.20. The third-order valence-electron chi connectivity index (χ3n) is 2.92. The molecule has 1 aromatic carbocycles. The molecule has 0 fully saturated rings. The number of alkyl carbamates (subject to hydrolysis) is 1. The number of carbonyl (C=O) groups is 2. The summed E-state index contributed by atoms with van der Waals surface area (Å²) >= 11 is 0. The van der Waals surface area contributed by atoms with Gasteiger partial charge in [0.25, 0.3) is 0 Å². The number of hydrogen-bond acceptors (Lipinski definition) is 4. The molecule has 0 bridgehead atoms. The maximum Gasteiger partial charge on any atom is 0.573 e. The van der Waals surface area contributed by atoms with Crippen molar-refractivity contribution < 1.29 is 32.2 Å². The van der Waals surface area contributed by atoms with Crippen molar-refractivity contribution >= 4 is 12.0 Å². The molecule has 0 heterocycles. The fourth-order valence-electron chi connectivity index (χ4n) is 1.85. The molecule has 0 radical (unpaired) electrons. The predicted molar refractivity (Wildman–Crippen MR) is 79.2 cm³/mol. The van der Waals surface area contributed by atoms with Crippen molar-refractivity contribution in [2.45, 2.75) is 26.3 Å². The zero-order valence-electron chi connectivity index (χ0n) is 13.4.